The van der Waals surface area contributed by atoms with Gasteiger partial charge in [-0.15, -0.1) is 0 Å². The maximum absolute atomic E-state index is 14.0. The van der Waals surface area contributed by atoms with Gasteiger partial charge in [0.05, 0.1) is 6.61 Å². The minimum Gasteiger partial charge on any atom is -0.494 e. The Labute approximate surface area is 144 Å². The molecule has 2 rings (SSSR count). The molecular formula is C19H21BrF2O. The van der Waals surface area contributed by atoms with Crippen molar-refractivity contribution in [3.8, 4) is 16.9 Å². The van der Waals surface area contributed by atoms with Gasteiger partial charge in [-0.25, -0.2) is 8.78 Å². The van der Waals surface area contributed by atoms with Crippen LogP contribution in [0.15, 0.2) is 36.4 Å². The number of aryl methyl sites for hydroxylation is 1. The average molecular weight is 383 g/mol. The molecule has 4 heteroatoms. The first kappa shape index (κ1) is 17.9. The van der Waals surface area contributed by atoms with E-state index >= 15 is 0 Å². The van der Waals surface area contributed by atoms with Crippen LogP contribution in [-0.4, -0.2) is 11.9 Å². The topological polar surface area (TPSA) is 9.23 Å². The van der Waals surface area contributed by atoms with E-state index < -0.39 is 11.6 Å². The van der Waals surface area contributed by atoms with Crippen LogP contribution in [0.5, 0.6) is 5.75 Å². The Morgan fingerprint density at radius 1 is 0.870 bits per heavy atom. The van der Waals surface area contributed by atoms with Crippen LogP contribution in [-0.2, 0) is 0 Å². The van der Waals surface area contributed by atoms with Crippen molar-refractivity contribution >= 4 is 15.9 Å². The molecule has 0 fully saturated rings. The molecule has 0 bridgehead atoms. The van der Waals surface area contributed by atoms with Gasteiger partial charge in [0.1, 0.15) is 5.75 Å². The third-order valence-corrected chi connectivity index (χ3v) is 4.30. The zero-order valence-electron chi connectivity index (χ0n) is 13.2. The molecule has 2 aromatic rings. The fourth-order valence-corrected chi connectivity index (χ4v) is 2.74. The first-order valence-corrected chi connectivity index (χ1v) is 8.99. The van der Waals surface area contributed by atoms with Gasteiger partial charge in [-0.1, -0.05) is 53.0 Å². The van der Waals surface area contributed by atoms with Gasteiger partial charge in [0.25, 0.3) is 0 Å². The number of alkyl halides is 1. The molecule has 0 amide bonds. The molecule has 23 heavy (non-hydrogen) atoms. The molecule has 0 saturated heterocycles. The van der Waals surface area contributed by atoms with E-state index in [0.717, 1.165) is 23.9 Å². The number of hydrogen-bond acceptors (Lipinski definition) is 1. The van der Waals surface area contributed by atoms with Crippen LogP contribution in [0.4, 0.5) is 8.78 Å². The van der Waals surface area contributed by atoms with E-state index in [-0.39, 0.29) is 5.56 Å². The average Bonchev–Trinajstić information content (AvgIpc) is 2.57. The van der Waals surface area contributed by atoms with Gasteiger partial charge < -0.3 is 4.74 Å². The van der Waals surface area contributed by atoms with Crippen molar-refractivity contribution in [1.82, 2.24) is 0 Å². The van der Waals surface area contributed by atoms with Crippen LogP contribution >= 0.6 is 15.9 Å². The van der Waals surface area contributed by atoms with E-state index in [1.807, 2.05) is 0 Å². The number of ether oxygens (including phenoxy) is 1. The zero-order chi connectivity index (χ0) is 16.7. The molecule has 0 aliphatic heterocycles. The number of rotatable bonds is 8. The first-order valence-electron chi connectivity index (χ1n) is 7.87. The van der Waals surface area contributed by atoms with Crippen LogP contribution in [0.25, 0.3) is 11.1 Å². The highest BCUT2D eigenvalue weighted by atomic mass is 79.9. The summed E-state index contributed by atoms with van der Waals surface area (Å²) in [5, 5.41) is 1.05. The Balaban J connectivity index is 1.93. The minimum absolute atomic E-state index is 0.273. The first-order chi connectivity index (χ1) is 11.1. The summed E-state index contributed by atoms with van der Waals surface area (Å²) in [6, 6.07) is 10.3. The SMILES string of the molecule is Cc1ccc(-c2ccc(OCCCCCCBr)cc2)c(F)c1F. The standard InChI is InChI=1S/C19H21BrF2O/c1-14-6-11-17(19(22)18(14)21)15-7-9-16(10-8-15)23-13-5-3-2-4-12-20/h6-11H,2-5,12-13H2,1H3. The lowest BCUT2D eigenvalue weighted by Crippen LogP contribution is -1.97. The molecule has 0 saturated carbocycles. The van der Waals surface area contributed by atoms with Gasteiger partial charge in [-0.3, -0.25) is 0 Å². The van der Waals surface area contributed by atoms with E-state index in [9.17, 15) is 8.78 Å². The number of halogens is 3. The monoisotopic (exact) mass is 382 g/mol. The summed E-state index contributed by atoms with van der Waals surface area (Å²) in [5.41, 5.74) is 1.23. The lowest BCUT2D eigenvalue weighted by Gasteiger charge is -2.09. The van der Waals surface area contributed by atoms with Crippen LogP contribution < -0.4 is 4.74 Å². The Morgan fingerprint density at radius 3 is 2.26 bits per heavy atom. The quantitative estimate of drug-likeness (QED) is 0.385. The van der Waals surface area contributed by atoms with Gasteiger partial charge in [0.15, 0.2) is 11.6 Å². The molecule has 0 aromatic heterocycles. The van der Waals surface area contributed by atoms with E-state index in [1.54, 1.807) is 43.3 Å². The van der Waals surface area contributed by atoms with Gasteiger partial charge >= 0.3 is 0 Å². The molecule has 2 aromatic carbocycles. The highest BCUT2D eigenvalue weighted by Gasteiger charge is 2.12. The lowest BCUT2D eigenvalue weighted by atomic mass is 10.0. The van der Waals surface area contributed by atoms with Crippen molar-refractivity contribution in [2.75, 3.05) is 11.9 Å². The highest BCUT2D eigenvalue weighted by molar-refractivity contribution is 9.09. The van der Waals surface area contributed by atoms with Crippen molar-refractivity contribution in [1.29, 1.82) is 0 Å². The van der Waals surface area contributed by atoms with Crippen molar-refractivity contribution in [2.24, 2.45) is 0 Å². The normalized spacial score (nSPS) is 10.8. The maximum atomic E-state index is 14.0. The maximum Gasteiger partial charge on any atom is 0.166 e. The van der Waals surface area contributed by atoms with Crippen molar-refractivity contribution in [3.63, 3.8) is 0 Å². The van der Waals surface area contributed by atoms with Gasteiger partial charge in [0.2, 0.25) is 0 Å². The second kappa shape index (κ2) is 9.02. The second-order valence-corrected chi connectivity index (χ2v) is 6.33. The van der Waals surface area contributed by atoms with E-state index in [2.05, 4.69) is 15.9 Å². The molecule has 0 unspecified atom stereocenters. The number of benzene rings is 2. The molecule has 0 aliphatic carbocycles. The summed E-state index contributed by atoms with van der Waals surface area (Å²) >= 11 is 3.41. The van der Waals surface area contributed by atoms with E-state index in [1.165, 1.54) is 12.8 Å². The van der Waals surface area contributed by atoms with Crippen LogP contribution in [0, 0.1) is 18.6 Å². The third kappa shape index (κ3) is 5.03. The van der Waals surface area contributed by atoms with Gasteiger partial charge in [-0.05, 0) is 43.0 Å². The predicted molar refractivity (Wildman–Crippen MR) is 94.3 cm³/mol. The van der Waals surface area contributed by atoms with Gasteiger partial charge in [0, 0.05) is 10.9 Å². The Bertz CT molecular complexity index is 626. The van der Waals surface area contributed by atoms with Crippen LogP contribution in [0.1, 0.15) is 31.2 Å². The molecule has 0 radical (unpaired) electrons. The summed E-state index contributed by atoms with van der Waals surface area (Å²) in [4.78, 5) is 0. The molecule has 0 heterocycles. The van der Waals surface area contributed by atoms with E-state index in [4.69, 9.17) is 4.74 Å². The van der Waals surface area contributed by atoms with Crippen LogP contribution in [0.3, 0.4) is 0 Å². The largest absolute Gasteiger partial charge is 0.494 e. The highest BCUT2D eigenvalue weighted by Crippen LogP contribution is 2.27. The fraction of sp³-hybridized carbons (Fsp3) is 0.368. The molecule has 0 spiro atoms. The molecular weight excluding hydrogens is 362 g/mol. The lowest BCUT2D eigenvalue weighted by molar-refractivity contribution is 0.305. The van der Waals surface area contributed by atoms with Crippen LogP contribution in [0.2, 0.25) is 0 Å². The van der Waals surface area contributed by atoms with Crippen molar-refractivity contribution in [3.05, 3.63) is 53.6 Å². The number of hydrogen-bond donors (Lipinski definition) is 0. The Kier molecular flexibility index (Phi) is 7.03. The summed E-state index contributed by atoms with van der Waals surface area (Å²) in [6.07, 6.45) is 4.56. The summed E-state index contributed by atoms with van der Waals surface area (Å²) in [6.45, 7) is 2.23. The summed E-state index contributed by atoms with van der Waals surface area (Å²) < 4.78 is 33.3. The Hall–Kier alpha value is -1.42. The Morgan fingerprint density at radius 2 is 1.57 bits per heavy atom. The summed E-state index contributed by atoms with van der Waals surface area (Å²) in [5.74, 6) is -0.834. The zero-order valence-corrected chi connectivity index (χ0v) is 14.8. The van der Waals surface area contributed by atoms with Crippen molar-refractivity contribution < 1.29 is 13.5 Å². The number of unbranched alkanes of at least 4 members (excludes halogenated alkanes) is 3. The molecule has 0 N–H and O–H groups in total. The smallest absolute Gasteiger partial charge is 0.166 e. The van der Waals surface area contributed by atoms with Crippen molar-refractivity contribution in [2.45, 2.75) is 32.6 Å². The molecule has 1 nitrogen and oxygen atoms in total. The third-order valence-electron chi connectivity index (χ3n) is 3.74. The predicted octanol–water partition coefficient (Wildman–Crippen LogP) is 6.27. The minimum atomic E-state index is -0.801. The molecule has 0 aliphatic rings. The summed E-state index contributed by atoms with van der Waals surface area (Å²) in [7, 11) is 0. The molecule has 0 atom stereocenters. The van der Waals surface area contributed by atoms with E-state index in [0.29, 0.717) is 17.7 Å². The van der Waals surface area contributed by atoms with Gasteiger partial charge in [-0.2, -0.15) is 0 Å². The molecule has 124 valence electrons. The fourth-order valence-electron chi connectivity index (χ4n) is 2.34. The second-order valence-electron chi connectivity index (χ2n) is 5.53.